The van der Waals surface area contributed by atoms with E-state index in [1.807, 2.05) is 0 Å². The van der Waals surface area contributed by atoms with Gasteiger partial charge in [0.05, 0.1) is 10.7 Å². The maximum absolute atomic E-state index is 12.9. The Morgan fingerprint density at radius 3 is 2.60 bits per heavy atom. The summed E-state index contributed by atoms with van der Waals surface area (Å²) >= 11 is 12.1. The Morgan fingerprint density at radius 2 is 1.80 bits per heavy atom. The number of nitrogens with one attached hydrogen (secondary N) is 2. The molecule has 1 aromatic heterocycles. The SMILES string of the molecule is Fc1ccc(CCNc2ccnc(Nc3cc(Cl)ccc3Cl)n2)cc1. The first-order valence-corrected chi connectivity index (χ1v) is 8.39. The molecule has 0 aliphatic rings. The molecule has 0 spiro atoms. The summed E-state index contributed by atoms with van der Waals surface area (Å²) in [5, 5.41) is 7.36. The van der Waals surface area contributed by atoms with Crippen LogP contribution in [0.3, 0.4) is 0 Å². The largest absolute Gasteiger partial charge is 0.370 e. The lowest BCUT2D eigenvalue weighted by atomic mass is 10.1. The van der Waals surface area contributed by atoms with Crippen LogP contribution in [0.2, 0.25) is 10.0 Å². The highest BCUT2D eigenvalue weighted by Gasteiger charge is 2.05. The molecule has 0 unspecified atom stereocenters. The molecule has 0 aliphatic heterocycles. The van der Waals surface area contributed by atoms with Crippen molar-refractivity contribution >= 4 is 40.7 Å². The monoisotopic (exact) mass is 376 g/mol. The molecule has 128 valence electrons. The third kappa shape index (κ3) is 5.05. The topological polar surface area (TPSA) is 49.8 Å². The first-order valence-electron chi connectivity index (χ1n) is 7.63. The molecule has 0 aliphatic carbocycles. The molecule has 0 amide bonds. The van der Waals surface area contributed by atoms with Crippen LogP contribution >= 0.6 is 23.2 Å². The molecule has 0 atom stereocenters. The lowest BCUT2D eigenvalue weighted by Crippen LogP contribution is -2.08. The third-order valence-electron chi connectivity index (χ3n) is 3.46. The molecule has 0 saturated heterocycles. The van der Waals surface area contributed by atoms with Gasteiger partial charge in [0, 0.05) is 17.8 Å². The van der Waals surface area contributed by atoms with Gasteiger partial charge in [-0.3, -0.25) is 0 Å². The van der Waals surface area contributed by atoms with E-state index < -0.39 is 0 Å². The van der Waals surface area contributed by atoms with Crippen molar-refractivity contribution in [3.05, 3.63) is 76.2 Å². The minimum Gasteiger partial charge on any atom is -0.370 e. The van der Waals surface area contributed by atoms with Gasteiger partial charge in [-0.1, -0.05) is 35.3 Å². The van der Waals surface area contributed by atoms with Crippen LogP contribution in [0, 0.1) is 5.82 Å². The predicted octanol–water partition coefficient (Wildman–Crippen LogP) is 5.32. The Labute approximate surface area is 155 Å². The zero-order valence-electron chi connectivity index (χ0n) is 13.1. The molecule has 3 rings (SSSR count). The van der Waals surface area contributed by atoms with Crippen molar-refractivity contribution in [3.63, 3.8) is 0 Å². The lowest BCUT2D eigenvalue weighted by molar-refractivity contribution is 0.627. The molecule has 2 N–H and O–H groups in total. The predicted molar refractivity (Wildman–Crippen MR) is 100 cm³/mol. The van der Waals surface area contributed by atoms with Crippen LogP contribution < -0.4 is 10.6 Å². The maximum Gasteiger partial charge on any atom is 0.229 e. The van der Waals surface area contributed by atoms with Gasteiger partial charge in [-0.15, -0.1) is 0 Å². The molecular weight excluding hydrogens is 362 g/mol. The minimum atomic E-state index is -0.233. The lowest BCUT2D eigenvalue weighted by Gasteiger charge is -2.10. The Hall–Kier alpha value is -2.37. The molecule has 0 bridgehead atoms. The molecule has 0 fully saturated rings. The zero-order chi connectivity index (χ0) is 17.6. The van der Waals surface area contributed by atoms with Gasteiger partial charge in [-0.25, -0.2) is 9.37 Å². The van der Waals surface area contributed by atoms with Gasteiger partial charge >= 0.3 is 0 Å². The molecule has 4 nitrogen and oxygen atoms in total. The fraction of sp³-hybridized carbons (Fsp3) is 0.111. The van der Waals surface area contributed by atoms with E-state index in [4.69, 9.17) is 23.2 Å². The van der Waals surface area contributed by atoms with Gasteiger partial charge < -0.3 is 10.6 Å². The van der Waals surface area contributed by atoms with Crippen LogP contribution in [-0.2, 0) is 6.42 Å². The summed E-state index contributed by atoms with van der Waals surface area (Å²) in [6.07, 6.45) is 2.40. The fourth-order valence-electron chi connectivity index (χ4n) is 2.22. The molecule has 25 heavy (non-hydrogen) atoms. The van der Waals surface area contributed by atoms with Crippen LogP contribution in [0.4, 0.5) is 21.8 Å². The van der Waals surface area contributed by atoms with E-state index in [0.717, 1.165) is 12.0 Å². The van der Waals surface area contributed by atoms with E-state index in [2.05, 4.69) is 20.6 Å². The molecular formula is C18H15Cl2FN4. The normalized spacial score (nSPS) is 10.5. The highest BCUT2D eigenvalue weighted by molar-refractivity contribution is 6.35. The first-order chi connectivity index (χ1) is 12.1. The van der Waals surface area contributed by atoms with Gasteiger partial charge in [-0.2, -0.15) is 4.98 Å². The number of anilines is 3. The molecule has 0 saturated carbocycles. The van der Waals surface area contributed by atoms with E-state index in [1.165, 1.54) is 12.1 Å². The minimum absolute atomic E-state index is 0.233. The number of aromatic nitrogens is 2. The van der Waals surface area contributed by atoms with E-state index in [-0.39, 0.29) is 5.82 Å². The fourth-order valence-corrected chi connectivity index (χ4v) is 2.55. The molecule has 1 heterocycles. The van der Waals surface area contributed by atoms with Gasteiger partial charge in [0.15, 0.2) is 0 Å². The van der Waals surface area contributed by atoms with E-state index >= 15 is 0 Å². The quantitative estimate of drug-likeness (QED) is 0.610. The average Bonchev–Trinajstić information content (AvgIpc) is 2.60. The number of nitrogens with zero attached hydrogens (tertiary/aromatic N) is 2. The number of halogens is 3. The second-order valence-electron chi connectivity index (χ2n) is 5.32. The highest BCUT2D eigenvalue weighted by Crippen LogP contribution is 2.27. The second kappa shape index (κ2) is 8.14. The van der Waals surface area contributed by atoms with Crippen molar-refractivity contribution in [3.8, 4) is 0 Å². The van der Waals surface area contributed by atoms with Gasteiger partial charge in [0.25, 0.3) is 0 Å². The summed E-state index contributed by atoms with van der Waals surface area (Å²) in [6, 6.07) is 13.3. The molecule has 0 radical (unpaired) electrons. The second-order valence-corrected chi connectivity index (χ2v) is 6.16. The number of hydrogen-bond donors (Lipinski definition) is 2. The van der Waals surface area contributed by atoms with Gasteiger partial charge in [-0.05, 0) is 48.4 Å². The number of rotatable bonds is 6. The van der Waals surface area contributed by atoms with E-state index in [9.17, 15) is 4.39 Å². The van der Waals surface area contributed by atoms with Crippen molar-refractivity contribution in [2.75, 3.05) is 17.2 Å². The van der Waals surface area contributed by atoms with Crippen molar-refractivity contribution in [2.24, 2.45) is 0 Å². The van der Waals surface area contributed by atoms with Crippen LogP contribution in [-0.4, -0.2) is 16.5 Å². The van der Waals surface area contributed by atoms with Gasteiger partial charge in [0.1, 0.15) is 11.6 Å². The standard InChI is InChI=1S/C18H15Cl2FN4/c19-13-3-6-15(20)16(11-13)24-18-23-10-8-17(25-18)22-9-7-12-1-4-14(21)5-2-12/h1-6,8,10-11H,7,9H2,(H2,22,23,24,25). The van der Waals surface area contributed by atoms with Crippen molar-refractivity contribution < 1.29 is 4.39 Å². The summed E-state index contributed by atoms with van der Waals surface area (Å²) < 4.78 is 12.9. The van der Waals surface area contributed by atoms with Gasteiger partial charge in [0.2, 0.25) is 5.95 Å². The third-order valence-corrected chi connectivity index (χ3v) is 4.03. The Balaban J connectivity index is 1.61. The number of benzene rings is 2. The average molecular weight is 377 g/mol. The van der Waals surface area contributed by atoms with Crippen molar-refractivity contribution in [1.29, 1.82) is 0 Å². The summed E-state index contributed by atoms with van der Waals surface area (Å²) in [5.41, 5.74) is 1.68. The summed E-state index contributed by atoms with van der Waals surface area (Å²) in [6.45, 7) is 0.667. The van der Waals surface area contributed by atoms with Crippen LogP contribution in [0.25, 0.3) is 0 Å². The Morgan fingerprint density at radius 1 is 1.00 bits per heavy atom. The highest BCUT2D eigenvalue weighted by atomic mass is 35.5. The van der Waals surface area contributed by atoms with Crippen molar-refractivity contribution in [2.45, 2.75) is 6.42 Å². The molecule has 2 aromatic carbocycles. The Kier molecular flexibility index (Phi) is 5.68. The smallest absolute Gasteiger partial charge is 0.229 e. The summed E-state index contributed by atoms with van der Waals surface area (Å²) in [7, 11) is 0. The molecule has 7 heteroatoms. The van der Waals surface area contributed by atoms with Crippen LogP contribution in [0.15, 0.2) is 54.7 Å². The van der Waals surface area contributed by atoms with Crippen LogP contribution in [0.5, 0.6) is 0 Å². The molecule has 3 aromatic rings. The van der Waals surface area contributed by atoms with E-state index in [0.29, 0.717) is 34.0 Å². The van der Waals surface area contributed by atoms with Crippen molar-refractivity contribution in [1.82, 2.24) is 9.97 Å². The maximum atomic E-state index is 12.9. The number of hydrogen-bond acceptors (Lipinski definition) is 4. The van der Waals surface area contributed by atoms with Crippen LogP contribution in [0.1, 0.15) is 5.56 Å². The zero-order valence-corrected chi connectivity index (χ0v) is 14.7. The van der Waals surface area contributed by atoms with E-state index in [1.54, 1.807) is 42.6 Å². The summed E-state index contributed by atoms with van der Waals surface area (Å²) in [5.74, 6) is 0.858. The first kappa shape index (κ1) is 17.5. The summed E-state index contributed by atoms with van der Waals surface area (Å²) in [4.78, 5) is 8.56. The Bertz CT molecular complexity index is 856.